The van der Waals surface area contributed by atoms with Gasteiger partial charge in [0.25, 0.3) is 0 Å². The van der Waals surface area contributed by atoms with Crippen LogP contribution in [0.4, 0.5) is 0 Å². The molecule has 0 saturated carbocycles. The van der Waals surface area contributed by atoms with E-state index < -0.39 is 0 Å². The minimum Gasteiger partial charge on any atom is -0.448 e. The first-order valence-electron chi connectivity index (χ1n) is 2.85. The number of halogens is 1. The van der Waals surface area contributed by atoms with E-state index in [0.717, 1.165) is 0 Å². The van der Waals surface area contributed by atoms with Crippen LogP contribution >= 0.6 is 15.9 Å². The highest BCUT2D eigenvalue weighted by Crippen LogP contribution is 2.17. The second kappa shape index (κ2) is 3.26. The molecule has 0 fully saturated rings. The molecular formula is C7H5BrN2O. The first-order chi connectivity index (χ1) is 5.24. The monoisotopic (exact) mass is 212 g/mol. The topological polar surface area (TPSA) is 63.0 Å². The van der Waals surface area contributed by atoms with Crippen molar-refractivity contribution in [1.82, 2.24) is 0 Å². The van der Waals surface area contributed by atoms with Crippen LogP contribution in [-0.2, 0) is 0 Å². The van der Waals surface area contributed by atoms with E-state index in [2.05, 4.69) is 15.9 Å². The van der Waals surface area contributed by atoms with Crippen LogP contribution in [0.1, 0.15) is 5.76 Å². The maximum absolute atomic E-state index is 8.25. The van der Waals surface area contributed by atoms with Gasteiger partial charge in [0, 0.05) is 6.08 Å². The molecule has 0 saturated heterocycles. The molecule has 0 bridgehead atoms. The molecule has 1 aromatic heterocycles. The van der Waals surface area contributed by atoms with Crippen LogP contribution in [-0.4, -0.2) is 0 Å². The zero-order valence-corrected chi connectivity index (χ0v) is 7.13. The molecule has 3 nitrogen and oxygen atoms in total. The van der Waals surface area contributed by atoms with Gasteiger partial charge in [0.05, 0.1) is 11.8 Å². The third-order valence-corrected chi connectivity index (χ3v) is 1.50. The van der Waals surface area contributed by atoms with E-state index in [0.29, 0.717) is 16.1 Å². The van der Waals surface area contributed by atoms with E-state index in [-0.39, 0.29) is 0 Å². The molecule has 0 aliphatic rings. The zero-order chi connectivity index (χ0) is 8.27. The van der Waals surface area contributed by atoms with E-state index >= 15 is 0 Å². The van der Waals surface area contributed by atoms with Gasteiger partial charge < -0.3 is 10.2 Å². The molecule has 2 N–H and O–H groups in total. The first-order valence-corrected chi connectivity index (χ1v) is 3.64. The molecule has 0 unspecified atom stereocenters. The summed E-state index contributed by atoms with van der Waals surface area (Å²) in [4.78, 5) is 0. The number of nitrogens with zero attached hydrogens (tertiary/aromatic N) is 1. The van der Waals surface area contributed by atoms with Crippen molar-refractivity contribution < 1.29 is 4.42 Å². The molecule has 1 heterocycles. The number of nitrogens with two attached hydrogens (primary N) is 1. The fraction of sp³-hybridized carbons (Fsp3) is 0. The van der Waals surface area contributed by atoms with Crippen molar-refractivity contribution in [2.75, 3.05) is 0 Å². The van der Waals surface area contributed by atoms with Gasteiger partial charge in [-0.25, -0.2) is 0 Å². The minimum absolute atomic E-state index is 0.332. The summed E-state index contributed by atoms with van der Waals surface area (Å²) < 4.78 is 5.67. The quantitative estimate of drug-likeness (QED) is 0.724. The lowest BCUT2D eigenvalue weighted by Gasteiger charge is -1.90. The predicted octanol–water partition coefficient (Wildman–Crippen LogP) is 1.87. The summed E-state index contributed by atoms with van der Waals surface area (Å²) in [6, 6.07) is 5.22. The highest BCUT2D eigenvalue weighted by atomic mass is 79.9. The Kier molecular flexibility index (Phi) is 2.34. The Hall–Kier alpha value is -1.21. The van der Waals surface area contributed by atoms with Crippen LogP contribution in [0.15, 0.2) is 27.3 Å². The molecule has 0 radical (unpaired) electrons. The van der Waals surface area contributed by atoms with Crippen molar-refractivity contribution in [3.63, 3.8) is 0 Å². The van der Waals surface area contributed by atoms with Gasteiger partial charge in [0.1, 0.15) is 0 Å². The Morgan fingerprint density at radius 1 is 1.73 bits per heavy atom. The van der Waals surface area contributed by atoms with Crippen LogP contribution in [0.25, 0.3) is 5.70 Å². The minimum atomic E-state index is 0.332. The number of hydrogen-bond donors (Lipinski definition) is 1. The van der Waals surface area contributed by atoms with Gasteiger partial charge in [0.2, 0.25) is 0 Å². The third kappa shape index (κ3) is 1.85. The average molecular weight is 213 g/mol. The van der Waals surface area contributed by atoms with Crippen LogP contribution in [0, 0.1) is 11.3 Å². The summed E-state index contributed by atoms with van der Waals surface area (Å²) >= 11 is 3.12. The SMILES string of the molecule is N#C/C=C(/N)c1ccc(Br)o1. The molecule has 1 rings (SSSR count). The number of nitriles is 1. The zero-order valence-electron chi connectivity index (χ0n) is 5.54. The smallest absolute Gasteiger partial charge is 0.169 e. The maximum atomic E-state index is 8.25. The molecule has 0 atom stereocenters. The van der Waals surface area contributed by atoms with Crippen molar-refractivity contribution >= 4 is 21.6 Å². The molecule has 0 aliphatic carbocycles. The largest absolute Gasteiger partial charge is 0.448 e. The molecule has 0 amide bonds. The van der Waals surface area contributed by atoms with Crippen molar-refractivity contribution in [1.29, 1.82) is 5.26 Å². The molecule has 0 spiro atoms. The number of furan rings is 1. The summed E-state index contributed by atoms with van der Waals surface area (Å²) in [7, 11) is 0. The van der Waals surface area contributed by atoms with E-state index in [4.69, 9.17) is 15.4 Å². The van der Waals surface area contributed by atoms with Crippen molar-refractivity contribution in [3.8, 4) is 6.07 Å². The molecule has 0 aromatic carbocycles. The Balaban J connectivity index is 2.95. The fourth-order valence-corrected chi connectivity index (χ4v) is 0.917. The summed E-state index contributed by atoms with van der Waals surface area (Å²) in [6.45, 7) is 0. The Labute approximate surface area is 72.2 Å². The first kappa shape index (κ1) is 7.89. The van der Waals surface area contributed by atoms with Gasteiger partial charge in [-0.2, -0.15) is 5.26 Å². The van der Waals surface area contributed by atoms with Crippen molar-refractivity contribution in [2.24, 2.45) is 5.73 Å². The summed E-state index contributed by atoms with van der Waals surface area (Å²) in [5.74, 6) is 0.499. The van der Waals surface area contributed by atoms with Gasteiger partial charge in [-0.15, -0.1) is 0 Å². The van der Waals surface area contributed by atoms with Crippen LogP contribution in [0.2, 0.25) is 0 Å². The summed E-state index contributed by atoms with van der Waals surface area (Å²) in [6.07, 6.45) is 1.23. The third-order valence-electron chi connectivity index (χ3n) is 1.08. The fourth-order valence-electron chi connectivity index (χ4n) is 0.610. The number of allylic oxidation sites excluding steroid dienone is 1. The molecular weight excluding hydrogens is 208 g/mol. The lowest BCUT2D eigenvalue weighted by atomic mass is 10.3. The van der Waals surface area contributed by atoms with Crippen LogP contribution < -0.4 is 5.73 Å². The normalized spacial score (nSPS) is 11.1. The molecule has 1 aromatic rings. The summed E-state index contributed by atoms with van der Waals surface area (Å²) in [5, 5.41) is 8.25. The predicted molar refractivity (Wildman–Crippen MR) is 44.2 cm³/mol. The van der Waals surface area contributed by atoms with Gasteiger partial charge >= 0.3 is 0 Å². The number of rotatable bonds is 1. The van der Waals surface area contributed by atoms with E-state index in [1.165, 1.54) is 6.08 Å². The van der Waals surface area contributed by atoms with Crippen molar-refractivity contribution in [3.05, 3.63) is 28.6 Å². The average Bonchev–Trinajstić information content (AvgIpc) is 2.36. The second-order valence-electron chi connectivity index (χ2n) is 1.83. The highest BCUT2D eigenvalue weighted by Gasteiger charge is 2.00. The number of hydrogen-bond acceptors (Lipinski definition) is 3. The second-order valence-corrected chi connectivity index (χ2v) is 2.61. The Morgan fingerprint density at radius 3 is 2.91 bits per heavy atom. The maximum Gasteiger partial charge on any atom is 0.169 e. The molecule has 11 heavy (non-hydrogen) atoms. The van der Waals surface area contributed by atoms with Gasteiger partial charge in [0.15, 0.2) is 10.4 Å². The van der Waals surface area contributed by atoms with E-state index in [1.807, 2.05) is 6.07 Å². The Bertz CT molecular complexity index is 321. The van der Waals surface area contributed by atoms with Crippen LogP contribution in [0.5, 0.6) is 0 Å². The van der Waals surface area contributed by atoms with Crippen molar-refractivity contribution in [2.45, 2.75) is 0 Å². The standard InChI is InChI=1S/C7H5BrN2O/c8-7-2-1-6(11-7)5(10)3-4-9/h1-3H,10H2/b5-3+. The Morgan fingerprint density at radius 2 is 2.45 bits per heavy atom. The lowest BCUT2D eigenvalue weighted by molar-refractivity contribution is 0.527. The molecule has 56 valence electrons. The van der Waals surface area contributed by atoms with Gasteiger partial charge in [-0.3, -0.25) is 0 Å². The van der Waals surface area contributed by atoms with E-state index in [9.17, 15) is 0 Å². The molecule has 4 heteroatoms. The highest BCUT2D eigenvalue weighted by molar-refractivity contribution is 9.10. The molecule has 0 aliphatic heterocycles. The van der Waals surface area contributed by atoms with Crippen LogP contribution in [0.3, 0.4) is 0 Å². The van der Waals surface area contributed by atoms with E-state index in [1.54, 1.807) is 12.1 Å². The summed E-state index contributed by atoms with van der Waals surface area (Å²) in [5.41, 5.74) is 5.77. The van der Waals surface area contributed by atoms with Gasteiger partial charge in [-0.05, 0) is 28.1 Å². The lowest BCUT2D eigenvalue weighted by Crippen LogP contribution is -1.92. The van der Waals surface area contributed by atoms with Gasteiger partial charge in [-0.1, -0.05) is 0 Å².